The molecule has 0 saturated carbocycles. The highest BCUT2D eigenvalue weighted by molar-refractivity contribution is 7.91. The molecule has 0 unspecified atom stereocenters. The van der Waals surface area contributed by atoms with Gasteiger partial charge in [-0.3, -0.25) is 0 Å². The van der Waals surface area contributed by atoms with Gasteiger partial charge >= 0.3 is 0 Å². The van der Waals surface area contributed by atoms with Gasteiger partial charge in [-0.05, 0) is 23.8 Å². The van der Waals surface area contributed by atoms with Crippen molar-refractivity contribution in [2.24, 2.45) is 0 Å². The standard InChI is InChI=1S/C20H14O3S/c21-24(22,16-11-5-2-6-12-16)20-19(15-9-3-1-4-10-15)17-13-7-8-14-18(17)23-20/h1-14H. The number of hydrogen-bond acceptors (Lipinski definition) is 3. The lowest BCUT2D eigenvalue weighted by molar-refractivity contribution is 0.484. The van der Waals surface area contributed by atoms with Crippen LogP contribution in [0.4, 0.5) is 0 Å². The van der Waals surface area contributed by atoms with E-state index in [1.165, 1.54) is 0 Å². The first-order valence-corrected chi connectivity index (χ1v) is 9.03. The van der Waals surface area contributed by atoms with Crippen molar-refractivity contribution >= 4 is 20.8 Å². The van der Waals surface area contributed by atoms with Gasteiger partial charge < -0.3 is 4.42 Å². The van der Waals surface area contributed by atoms with Crippen LogP contribution in [0.15, 0.2) is 99.3 Å². The minimum atomic E-state index is -3.75. The van der Waals surface area contributed by atoms with E-state index >= 15 is 0 Å². The molecule has 4 heteroatoms. The first-order chi connectivity index (χ1) is 11.7. The quantitative estimate of drug-likeness (QED) is 0.533. The Morgan fingerprint density at radius 2 is 1.25 bits per heavy atom. The average Bonchev–Trinajstić information content (AvgIpc) is 3.03. The number of para-hydroxylation sites is 1. The molecular formula is C20H14O3S. The Bertz CT molecular complexity index is 1100. The van der Waals surface area contributed by atoms with Crippen molar-refractivity contribution < 1.29 is 12.8 Å². The second kappa shape index (κ2) is 5.65. The summed E-state index contributed by atoms with van der Waals surface area (Å²) in [6.07, 6.45) is 0. The number of benzene rings is 3. The fourth-order valence-electron chi connectivity index (χ4n) is 2.80. The SMILES string of the molecule is O=S(=O)(c1ccccc1)c1oc2ccccc2c1-c1ccccc1. The number of rotatable bonds is 3. The molecule has 1 aromatic heterocycles. The molecule has 1 heterocycles. The van der Waals surface area contributed by atoms with E-state index in [-0.39, 0.29) is 9.99 Å². The van der Waals surface area contributed by atoms with Gasteiger partial charge in [0.2, 0.25) is 14.9 Å². The molecule has 0 saturated heterocycles. The van der Waals surface area contributed by atoms with Crippen molar-refractivity contribution in [2.45, 2.75) is 9.99 Å². The molecule has 0 N–H and O–H groups in total. The van der Waals surface area contributed by atoms with Gasteiger partial charge in [0.05, 0.1) is 4.90 Å². The second-order valence-electron chi connectivity index (χ2n) is 5.44. The number of fused-ring (bicyclic) bond motifs is 1. The van der Waals surface area contributed by atoms with Crippen LogP contribution in [0, 0.1) is 0 Å². The predicted molar refractivity (Wildman–Crippen MR) is 93.5 cm³/mol. The maximum Gasteiger partial charge on any atom is 0.240 e. The Hall–Kier alpha value is -2.85. The molecule has 0 aliphatic heterocycles. The third kappa shape index (κ3) is 2.32. The predicted octanol–water partition coefficient (Wildman–Crippen LogP) is 4.93. The lowest BCUT2D eigenvalue weighted by atomic mass is 10.1. The van der Waals surface area contributed by atoms with Crippen LogP contribution >= 0.6 is 0 Å². The molecule has 3 aromatic carbocycles. The Labute approximate surface area is 140 Å². The minimum Gasteiger partial charge on any atom is -0.444 e. The van der Waals surface area contributed by atoms with Crippen molar-refractivity contribution in [1.82, 2.24) is 0 Å². The second-order valence-corrected chi connectivity index (χ2v) is 7.29. The molecule has 0 spiro atoms. The van der Waals surface area contributed by atoms with Gasteiger partial charge in [0.1, 0.15) is 5.58 Å². The van der Waals surface area contributed by atoms with Gasteiger partial charge in [-0.15, -0.1) is 0 Å². The number of hydrogen-bond donors (Lipinski definition) is 0. The van der Waals surface area contributed by atoms with Crippen LogP contribution < -0.4 is 0 Å². The topological polar surface area (TPSA) is 47.3 Å². The van der Waals surface area contributed by atoms with E-state index in [1.807, 2.05) is 48.5 Å². The molecule has 0 atom stereocenters. The van der Waals surface area contributed by atoms with Crippen LogP contribution in [-0.2, 0) is 9.84 Å². The van der Waals surface area contributed by atoms with Crippen molar-refractivity contribution in [3.8, 4) is 11.1 Å². The third-order valence-electron chi connectivity index (χ3n) is 3.92. The molecule has 0 bridgehead atoms. The summed E-state index contributed by atoms with van der Waals surface area (Å²) in [5.41, 5.74) is 1.98. The highest BCUT2D eigenvalue weighted by Gasteiger charge is 2.28. The molecule has 0 aliphatic carbocycles. The number of sulfone groups is 1. The van der Waals surface area contributed by atoms with Crippen molar-refractivity contribution in [1.29, 1.82) is 0 Å². The number of furan rings is 1. The summed E-state index contributed by atoms with van der Waals surface area (Å²) in [5, 5.41) is 0.777. The Morgan fingerprint density at radius 3 is 1.96 bits per heavy atom. The molecular weight excluding hydrogens is 320 g/mol. The van der Waals surface area contributed by atoms with Crippen molar-refractivity contribution in [2.75, 3.05) is 0 Å². The largest absolute Gasteiger partial charge is 0.444 e. The third-order valence-corrected chi connectivity index (χ3v) is 5.59. The van der Waals surface area contributed by atoms with E-state index in [0.29, 0.717) is 11.1 Å². The van der Waals surface area contributed by atoms with E-state index in [0.717, 1.165) is 10.9 Å². The van der Waals surface area contributed by atoms with Gasteiger partial charge in [-0.1, -0.05) is 66.7 Å². The molecule has 0 fully saturated rings. The van der Waals surface area contributed by atoms with Gasteiger partial charge in [-0.2, -0.15) is 0 Å². The Balaban J connectivity index is 2.07. The fraction of sp³-hybridized carbons (Fsp3) is 0. The van der Waals surface area contributed by atoms with E-state index in [2.05, 4.69) is 0 Å². The molecule has 0 aliphatic rings. The molecule has 4 aromatic rings. The summed E-state index contributed by atoms with van der Waals surface area (Å²) in [4.78, 5) is 0.223. The molecule has 3 nitrogen and oxygen atoms in total. The first kappa shape index (κ1) is 14.7. The van der Waals surface area contributed by atoms with Gasteiger partial charge in [-0.25, -0.2) is 8.42 Å². The zero-order chi connectivity index (χ0) is 16.6. The maximum absolute atomic E-state index is 13.1. The first-order valence-electron chi connectivity index (χ1n) is 7.55. The minimum absolute atomic E-state index is 0.0129. The summed E-state index contributed by atoms with van der Waals surface area (Å²) in [5.74, 6) is 0. The Kier molecular flexibility index (Phi) is 3.47. The summed E-state index contributed by atoms with van der Waals surface area (Å²) in [7, 11) is -3.75. The molecule has 0 amide bonds. The summed E-state index contributed by atoms with van der Waals surface area (Å²) in [6, 6.07) is 25.2. The average molecular weight is 334 g/mol. The van der Waals surface area contributed by atoms with Crippen molar-refractivity contribution in [3.05, 3.63) is 84.9 Å². The van der Waals surface area contributed by atoms with Crippen LogP contribution in [0.25, 0.3) is 22.1 Å². The lowest BCUT2D eigenvalue weighted by Crippen LogP contribution is -2.02. The van der Waals surface area contributed by atoms with Crippen LogP contribution in [0.5, 0.6) is 0 Å². The van der Waals surface area contributed by atoms with E-state index in [9.17, 15) is 8.42 Å². The van der Waals surface area contributed by atoms with E-state index in [4.69, 9.17) is 4.42 Å². The van der Waals surface area contributed by atoms with Crippen molar-refractivity contribution in [3.63, 3.8) is 0 Å². The normalized spacial score (nSPS) is 11.7. The van der Waals surface area contributed by atoms with Gasteiger partial charge in [0, 0.05) is 10.9 Å². The summed E-state index contributed by atoms with van der Waals surface area (Å²) in [6.45, 7) is 0. The van der Waals surface area contributed by atoms with Gasteiger partial charge in [0.15, 0.2) is 0 Å². The maximum atomic E-state index is 13.1. The monoisotopic (exact) mass is 334 g/mol. The van der Waals surface area contributed by atoms with E-state index < -0.39 is 9.84 Å². The van der Waals surface area contributed by atoms with Crippen LogP contribution in [0.3, 0.4) is 0 Å². The summed E-state index contributed by atoms with van der Waals surface area (Å²) < 4.78 is 32.0. The highest BCUT2D eigenvalue weighted by Crippen LogP contribution is 2.39. The smallest absolute Gasteiger partial charge is 0.240 e. The highest BCUT2D eigenvalue weighted by atomic mass is 32.2. The summed E-state index contributed by atoms with van der Waals surface area (Å²) >= 11 is 0. The van der Waals surface area contributed by atoms with Gasteiger partial charge in [0.25, 0.3) is 0 Å². The molecule has 0 radical (unpaired) electrons. The van der Waals surface area contributed by atoms with Crippen LogP contribution in [-0.4, -0.2) is 8.42 Å². The molecule has 4 rings (SSSR count). The Morgan fingerprint density at radius 1 is 0.667 bits per heavy atom. The zero-order valence-electron chi connectivity index (χ0n) is 12.7. The molecule has 118 valence electrons. The van der Waals surface area contributed by atoms with E-state index in [1.54, 1.807) is 36.4 Å². The van der Waals surface area contributed by atoms with Crippen LogP contribution in [0.1, 0.15) is 0 Å². The fourth-order valence-corrected chi connectivity index (χ4v) is 4.22. The molecule has 24 heavy (non-hydrogen) atoms. The van der Waals surface area contributed by atoms with Crippen LogP contribution in [0.2, 0.25) is 0 Å². The lowest BCUT2D eigenvalue weighted by Gasteiger charge is -2.05. The zero-order valence-corrected chi connectivity index (χ0v) is 13.5.